The zero-order chi connectivity index (χ0) is 14.8. The minimum atomic E-state index is -0.905. The monoisotopic (exact) mass is 291 g/mol. The molecule has 1 saturated carbocycles. The highest BCUT2D eigenvalue weighted by molar-refractivity contribution is 5.98. The third kappa shape index (κ3) is 3.33. The van der Waals surface area contributed by atoms with Gasteiger partial charge >= 0.3 is 5.97 Å². The van der Waals surface area contributed by atoms with E-state index in [1.807, 2.05) is 0 Å². The Bertz CT molecular complexity index is 535. The van der Waals surface area contributed by atoms with Gasteiger partial charge in [-0.2, -0.15) is 0 Å². The molecule has 1 aromatic rings. The maximum absolute atomic E-state index is 11.8. The smallest absolute Gasteiger partial charge is 0.307 e. The fourth-order valence-electron chi connectivity index (χ4n) is 2.41. The van der Waals surface area contributed by atoms with Crippen molar-refractivity contribution in [3.8, 4) is 5.75 Å². The normalized spacial score (nSPS) is 27.1. The van der Waals surface area contributed by atoms with Gasteiger partial charge in [0.25, 0.3) is 0 Å². The summed E-state index contributed by atoms with van der Waals surface area (Å²) >= 11 is 0. The summed E-state index contributed by atoms with van der Waals surface area (Å²) in [4.78, 5) is 22.6. The molecule has 1 amide bonds. The number of nitrogens with one attached hydrogen (secondary N) is 1. The Morgan fingerprint density at radius 1 is 1.24 bits per heavy atom. The van der Waals surface area contributed by atoms with Crippen LogP contribution >= 0.6 is 0 Å². The van der Waals surface area contributed by atoms with Crippen LogP contribution in [0.1, 0.15) is 12.8 Å². The number of rotatable bonds is 5. The summed E-state index contributed by atoms with van der Waals surface area (Å²) in [6, 6.07) is 7.08. The Labute approximate surface area is 122 Å². The lowest BCUT2D eigenvalue weighted by atomic mass is 10.2. The van der Waals surface area contributed by atoms with Gasteiger partial charge in [0.1, 0.15) is 11.9 Å². The number of hydrogen-bond acceptors (Lipinski definition) is 4. The maximum atomic E-state index is 11.8. The topological polar surface area (TPSA) is 84.9 Å². The summed E-state index contributed by atoms with van der Waals surface area (Å²) in [5.74, 6) is -1.35. The Balaban J connectivity index is 1.52. The van der Waals surface area contributed by atoms with Crippen LogP contribution in [0.25, 0.3) is 0 Å². The van der Waals surface area contributed by atoms with Gasteiger partial charge in [0, 0.05) is 12.1 Å². The number of carboxylic acid groups (broad SMARTS) is 1. The lowest BCUT2D eigenvalue weighted by molar-refractivity contribution is -0.139. The zero-order valence-electron chi connectivity index (χ0n) is 11.5. The second kappa shape index (κ2) is 5.73. The SMILES string of the molecule is O=C(O)C1CC1C(=O)Nc1ccc(OC2CCOC2)cc1. The molecule has 6 heteroatoms. The first-order valence-electron chi connectivity index (χ1n) is 7.01. The molecule has 2 aliphatic rings. The molecule has 0 bridgehead atoms. The predicted molar refractivity (Wildman–Crippen MR) is 74.2 cm³/mol. The number of anilines is 1. The zero-order valence-corrected chi connectivity index (χ0v) is 11.5. The van der Waals surface area contributed by atoms with Crippen LogP contribution in [-0.4, -0.2) is 36.3 Å². The molecule has 2 fully saturated rings. The number of carbonyl (C=O) groups is 2. The first kappa shape index (κ1) is 13.9. The Kier molecular flexibility index (Phi) is 3.79. The van der Waals surface area contributed by atoms with Crippen LogP contribution in [-0.2, 0) is 14.3 Å². The van der Waals surface area contributed by atoms with Gasteiger partial charge in [0.05, 0.1) is 25.0 Å². The van der Waals surface area contributed by atoms with Gasteiger partial charge in [-0.25, -0.2) is 0 Å². The molecule has 1 saturated heterocycles. The molecule has 2 N–H and O–H groups in total. The number of hydrogen-bond donors (Lipinski definition) is 2. The molecule has 0 aromatic heterocycles. The Morgan fingerprint density at radius 3 is 2.57 bits per heavy atom. The molecule has 3 atom stereocenters. The molecular formula is C15H17NO5. The molecule has 0 spiro atoms. The molecule has 1 aromatic carbocycles. The van der Waals surface area contributed by atoms with Gasteiger partial charge in [0.2, 0.25) is 5.91 Å². The lowest BCUT2D eigenvalue weighted by Crippen LogP contribution is -2.17. The highest BCUT2D eigenvalue weighted by Crippen LogP contribution is 2.39. The third-order valence-electron chi connectivity index (χ3n) is 3.76. The number of aliphatic carboxylic acids is 1. The second-order valence-corrected chi connectivity index (χ2v) is 5.40. The lowest BCUT2D eigenvalue weighted by Gasteiger charge is -2.12. The second-order valence-electron chi connectivity index (χ2n) is 5.40. The van der Waals surface area contributed by atoms with E-state index in [4.69, 9.17) is 14.6 Å². The van der Waals surface area contributed by atoms with Crippen molar-refractivity contribution in [1.29, 1.82) is 0 Å². The van der Waals surface area contributed by atoms with Gasteiger partial charge in [-0.15, -0.1) is 0 Å². The maximum Gasteiger partial charge on any atom is 0.307 e. The van der Waals surface area contributed by atoms with Crippen molar-refractivity contribution in [2.75, 3.05) is 18.5 Å². The van der Waals surface area contributed by atoms with Crippen LogP contribution in [0.4, 0.5) is 5.69 Å². The summed E-state index contributed by atoms with van der Waals surface area (Å²) in [5.41, 5.74) is 0.645. The van der Waals surface area contributed by atoms with Crippen LogP contribution in [0.2, 0.25) is 0 Å². The molecule has 1 aliphatic carbocycles. The first-order valence-corrected chi connectivity index (χ1v) is 7.01. The standard InChI is InChI=1S/C15H17NO5/c17-14(12-7-13(12)15(18)19)16-9-1-3-10(4-2-9)21-11-5-6-20-8-11/h1-4,11-13H,5-8H2,(H,16,17)(H,18,19). The summed E-state index contributed by atoms with van der Waals surface area (Å²) in [6.45, 7) is 1.34. The summed E-state index contributed by atoms with van der Waals surface area (Å²) < 4.78 is 11.0. The Morgan fingerprint density at radius 2 is 2.00 bits per heavy atom. The van der Waals surface area contributed by atoms with Crippen molar-refractivity contribution in [3.63, 3.8) is 0 Å². The number of amides is 1. The van der Waals surface area contributed by atoms with E-state index >= 15 is 0 Å². The molecule has 1 aliphatic heterocycles. The predicted octanol–water partition coefficient (Wildman–Crippen LogP) is 1.51. The van der Waals surface area contributed by atoms with E-state index in [0.717, 1.165) is 18.8 Å². The van der Waals surface area contributed by atoms with E-state index in [1.165, 1.54) is 0 Å². The molecule has 1 heterocycles. The van der Waals surface area contributed by atoms with E-state index in [-0.39, 0.29) is 12.0 Å². The minimum Gasteiger partial charge on any atom is -0.488 e. The number of ether oxygens (including phenoxy) is 2. The van der Waals surface area contributed by atoms with Crippen molar-refractivity contribution in [2.45, 2.75) is 18.9 Å². The van der Waals surface area contributed by atoms with E-state index < -0.39 is 17.8 Å². The van der Waals surface area contributed by atoms with Crippen LogP contribution in [0.3, 0.4) is 0 Å². The number of carboxylic acids is 1. The average Bonchev–Trinajstić information content (AvgIpc) is 3.13. The van der Waals surface area contributed by atoms with E-state index in [2.05, 4.69) is 5.32 Å². The molecule has 0 radical (unpaired) electrons. The highest BCUT2D eigenvalue weighted by atomic mass is 16.5. The number of carbonyl (C=O) groups excluding carboxylic acids is 1. The molecular weight excluding hydrogens is 274 g/mol. The van der Waals surface area contributed by atoms with Crippen LogP contribution in [0.15, 0.2) is 24.3 Å². The quantitative estimate of drug-likeness (QED) is 0.859. The molecule has 112 valence electrons. The summed E-state index contributed by atoms with van der Waals surface area (Å²) in [7, 11) is 0. The first-order chi connectivity index (χ1) is 10.1. The van der Waals surface area contributed by atoms with Crippen LogP contribution in [0, 0.1) is 11.8 Å². The molecule has 21 heavy (non-hydrogen) atoms. The van der Waals surface area contributed by atoms with Gasteiger partial charge in [-0.05, 0) is 30.7 Å². The summed E-state index contributed by atoms with van der Waals surface area (Å²) in [6.07, 6.45) is 1.40. The molecule has 3 unspecified atom stereocenters. The van der Waals surface area contributed by atoms with Crippen LogP contribution in [0.5, 0.6) is 5.75 Å². The molecule has 6 nitrogen and oxygen atoms in total. The van der Waals surface area contributed by atoms with Crippen molar-refractivity contribution >= 4 is 17.6 Å². The molecule has 3 rings (SSSR count). The van der Waals surface area contributed by atoms with Crippen molar-refractivity contribution in [2.24, 2.45) is 11.8 Å². The number of benzene rings is 1. The van der Waals surface area contributed by atoms with Gasteiger partial charge < -0.3 is 19.9 Å². The highest BCUT2D eigenvalue weighted by Gasteiger charge is 2.48. The van der Waals surface area contributed by atoms with Gasteiger partial charge in [-0.3, -0.25) is 9.59 Å². The third-order valence-corrected chi connectivity index (χ3v) is 3.76. The van der Waals surface area contributed by atoms with Crippen LogP contribution < -0.4 is 10.1 Å². The van der Waals surface area contributed by atoms with Gasteiger partial charge in [-0.1, -0.05) is 0 Å². The largest absolute Gasteiger partial charge is 0.488 e. The van der Waals surface area contributed by atoms with Crippen molar-refractivity contribution < 1.29 is 24.2 Å². The van der Waals surface area contributed by atoms with Gasteiger partial charge in [0.15, 0.2) is 0 Å². The van der Waals surface area contributed by atoms with Crippen molar-refractivity contribution in [3.05, 3.63) is 24.3 Å². The van der Waals surface area contributed by atoms with E-state index in [0.29, 0.717) is 18.7 Å². The van der Waals surface area contributed by atoms with E-state index in [9.17, 15) is 9.59 Å². The minimum absolute atomic E-state index is 0.0910. The fraction of sp³-hybridized carbons (Fsp3) is 0.467. The fourth-order valence-corrected chi connectivity index (χ4v) is 2.41. The average molecular weight is 291 g/mol. The Hall–Kier alpha value is -2.08. The van der Waals surface area contributed by atoms with E-state index in [1.54, 1.807) is 24.3 Å². The van der Waals surface area contributed by atoms with Crippen molar-refractivity contribution in [1.82, 2.24) is 0 Å². The summed E-state index contributed by atoms with van der Waals surface area (Å²) in [5, 5.41) is 11.5.